The normalized spacial score (nSPS) is 11.2. The third-order valence-electron chi connectivity index (χ3n) is 3.85. The SMILES string of the molecule is O=C(O)c1cnn(-c2nc3cnn(Cc4ccc(F)c(Cl)c4)c3c(=O)[nH]2)c1. The molecule has 3 heterocycles. The number of hydrogen-bond acceptors (Lipinski definition) is 5. The van der Waals surface area contributed by atoms with E-state index in [4.69, 9.17) is 16.7 Å². The molecule has 0 saturated heterocycles. The van der Waals surface area contributed by atoms with E-state index in [-0.39, 0.29) is 28.6 Å². The van der Waals surface area contributed by atoms with Crippen molar-refractivity contribution in [2.75, 3.05) is 0 Å². The monoisotopic (exact) mass is 388 g/mol. The lowest BCUT2D eigenvalue weighted by Gasteiger charge is -2.05. The summed E-state index contributed by atoms with van der Waals surface area (Å²) in [6.07, 6.45) is 3.78. The first kappa shape index (κ1) is 16.9. The first-order valence-corrected chi connectivity index (χ1v) is 7.98. The third kappa shape index (κ3) is 3.06. The van der Waals surface area contributed by atoms with Gasteiger partial charge in [0, 0.05) is 6.20 Å². The fraction of sp³-hybridized carbons (Fsp3) is 0.0625. The molecule has 0 aliphatic carbocycles. The second-order valence-corrected chi connectivity index (χ2v) is 6.06. The van der Waals surface area contributed by atoms with Gasteiger partial charge in [-0.15, -0.1) is 0 Å². The molecule has 11 heteroatoms. The van der Waals surface area contributed by atoms with Gasteiger partial charge in [0.15, 0.2) is 5.52 Å². The van der Waals surface area contributed by atoms with Gasteiger partial charge in [-0.25, -0.2) is 18.9 Å². The van der Waals surface area contributed by atoms with Gasteiger partial charge in [0.05, 0.1) is 29.5 Å². The van der Waals surface area contributed by atoms with Gasteiger partial charge in [-0.3, -0.25) is 14.5 Å². The Morgan fingerprint density at radius 3 is 2.81 bits per heavy atom. The molecule has 2 N–H and O–H groups in total. The van der Waals surface area contributed by atoms with Crippen molar-refractivity contribution in [3.63, 3.8) is 0 Å². The van der Waals surface area contributed by atoms with E-state index >= 15 is 0 Å². The highest BCUT2D eigenvalue weighted by molar-refractivity contribution is 6.30. The van der Waals surface area contributed by atoms with Gasteiger partial charge in [0.1, 0.15) is 11.3 Å². The number of rotatable bonds is 4. The Hall–Kier alpha value is -3.53. The van der Waals surface area contributed by atoms with Crippen molar-refractivity contribution < 1.29 is 14.3 Å². The topological polar surface area (TPSA) is 119 Å². The number of H-pyrrole nitrogens is 1. The number of nitrogens with one attached hydrogen (secondary N) is 1. The molecule has 0 amide bonds. The van der Waals surface area contributed by atoms with Crippen LogP contribution in [0.1, 0.15) is 15.9 Å². The average Bonchev–Trinajstić information content (AvgIpc) is 3.26. The summed E-state index contributed by atoms with van der Waals surface area (Å²) >= 11 is 5.78. The number of aromatic amines is 1. The molecular weight excluding hydrogens is 379 g/mol. The van der Waals surface area contributed by atoms with E-state index in [2.05, 4.69) is 20.2 Å². The van der Waals surface area contributed by atoms with Gasteiger partial charge in [-0.05, 0) is 17.7 Å². The molecule has 0 aliphatic heterocycles. The number of carboxylic acid groups (broad SMARTS) is 1. The van der Waals surface area contributed by atoms with Crippen molar-refractivity contribution >= 4 is 28.6 Å². The van der Waals surface area contributed by atoms with E-state index in [9.17, 15) is 14.0 Å². The number of carboxylic acids is 1. The standard InChI is InChI=1S/C16H10ClFN6O3/c17-10-3-8(1-2-11(10)18)6-23-13-12(5-20-23)21-16(22-14(13)25)24-7-9(4-19-24)15(26)27/h1-5,7H,6H2,(H,26,27)(H,21,22,25). The van der Waals surface area contributed by atoms with Gasteiger partial charge in [-0.2, -0.15) is 10.2 Å². The summed E-state index contributed by atoms with van der Waals surface area (Å²) in [6.45, 7) is 0.193. The number of nitrogens with zero attached hydrogens (tertiary/aromatic N) is 5. The van der Waals surface area contributed by atoms with E-state index in [1.165, 1.54) is 29.2 Å². The first-order chi connectivity index (χ1) is 12.9. The second kappa shape index (κ2) is 6.32. The summed E-state index contributed by atoms with van der Waals surface area (Å²) in [6, 6.07) is 4.24. The van der Waals surface area contributed by atoms with Crippen LogP contribution >= 0.6 is 11.6 Å². The minimum Gasteiger partial charge on any atom is -0.478 e. The van der Waals surface area contributed by atoms with Crippen molar-refractivity contribution in [3.8, 4) is 5.95 Å². The quantitative estimate of drug-likeness (QED) is 0.550. The molecule has 27 heavy (non-hydrogen) atoms. The van der Waals surface area contributed by atoms with E-state index in [1.54, 1.807) is 6.07 Å². The number of hydrogen-bond donors (Lipinski definition) is 2. The van der Waals surface area contributed by atoms with E-state index in [1.807, 2.05) is 0 Å². The summed E-state index contributed by atoms with van der Waals surface area (Å²) < 4.78 is 15.9. The van der Waals surface area contributed by atoms with Gasteiger partial charge >= 0.3 is 5.97 Å². The molecule has 4 aromatic rings. The summed E-state index contributed by atoms with van der Waals surface area (Å²) in [7, 11) is 0. The molecule has 9 nitrogen and oxygen atoms in total. The smallest absolute Gasteiger partial charge is 0.338 e. The molecule has 0 aliphatic rings. The molecule has 1 aromatic carbocycles. The van der Waals surface area contributed by atoms with Crippen molar-refractivity contribution in [1.82, 2.24) is 29.5 Å². The Bertz CT molecular complexity index is 1240. The highest BCUT2D eigenvalue weighted by Gasteiger charge is 2.14. The van der Waals surface area contributed by atoms with Gasteiger partial charge in [0.25, 0.3) is 5.56 Å². The summed E-state index contributed by atoms with van der Waals surface area (Å²) in [4.78, 5) is 30.3. The highest BCUT2D eigenvalue weighted by Crippen LogP contribution is 2.18. The molecule has 3 aromatic heterocycles. The van der Waals surface area contributed by atoms with Crippen LogP contribution in [-0.4, -0.2) is 40.6 Å². The number of halogens is 2. The van der Waals surface area contributed by atoms with Crippen molar-refractivity contribution in [3.05, 3.63) is 69.1 Å². The fourth-order valence-corrected chi connectivity index (χ4v) is 2.79. The minimum atomic E-state index is -1.14. The second-order valence-electron chi connectivity index (χ2n) is 5.65. The van der Waals surface area contributed by atoms with Crippen LogP contribution in [0.3, 0.4) is 0 Å². The Morgan fingerprint density at radius 2 is 2.11 bits per heavy atom. The zero-order valence-corrected chi connectivity index (χ0v) is 14.2. The predicted octanol–water partition coefficient (Wildman–Crippen LogP) is 1.84. The molecule has 136 valence electrons. The van der Waals surface area contributed by atoms with Crippen LogP contribution in [0.5, 0.6) is 0 Å². The van der Waals surface area contributed by atoms with Crippen LogP contribution in [0.2, 0.25) is 5.02 Å². The van der Waals surface area contributed by atoms with Gasteiger partial charge < -0.3 is 5.11 Å². The summed E-state index contributed by atoms with van der Waals surface area (Å²) in [5.41, 5.74) is 0.655. The lowest BCUT2D eigenvalue weighted by molar-refractivity contribution is 0.0697. The number of fused-ring (bicyclic) bond motifs is 1. The number of aromatic carboxylic acids is 1. The lowest BCUT2D eigenvalue weighted by atomic mass is 10.2. The molecule has 0 saturated carbocycles. The lowest BCUT2D eigenvalue weighted by Crippen LogP contribution is -2.17. The van der Waals surface area contributed by atoms with Gasteiger partial charge in [-0.1, -0.05) is 17.7 Å². The Labute approximate surface area is 154 Å². The zero-order valence-electron chi connectivity index (χ0n) is 13.4. The molecule has 0 radical (unpaired) electrons. The first-order valence-electron chi connectivity index (χ1n) is 7.60. The maximum atomic E-state index is 13.3. The highest BCUT2D eigenvalue weighted by atomic mass is 35.5. The number of aromatic nitrogens is 6. The molecule has 0 fully saturated rings. The summed E-state index contributed by atoms with van der Waals surface area (Å²) in [5.74, 6) is -1.62. The molecule has 4 rings (SSSR count). The van der Waals surface area contributed by atoms with Crippen molar-refractivity contribution in [2.45, 2.75) is 6.54 Å². The Balaban J connectivity index is 1.74. The number of benzene rings is 1. The van der Waals surface area contributed by atoms with Crippen LogP contribution in [0.25, 0.3) is 17.0 Å². The molecule has 0 bridgehead atoms. The van der Waals surface area contributed by atoms with Crippen LogP contribution in [0.15, 0.2) is 41.6 Å². The van der Waals surface area contributed by atoms with E-state index in [0.717, 1.165) is 10.9 Å². The Morgan fingerprint density at radius 1 is 1.30 bits per heavy atom. The minimum absolute atomic E-state index is 0.0220. The maximum absolute atomic E-state index is 13.3. The average molecular weight is 389 g/mol. The van der Waals surface area contributed by atoms with E-state index in [0.29, 0.717) is 11.1 Å². The van der Waals surface area contributed by atoms with Crippen LogP contribution in [0.4, 0.5) is 4.39 Å². The maximum Gasteiger partial charge on any atom is 0.338 e. The molecule has 0 spiro atoms. The largest absolute Gasteiger partial charge is 0.478 e. The molecule has 0 unspecified atom stereocenters. The van der Waals surface area contributed by atoms with Crippen molar-refractivity contribution in [2.24, 2.45) is 0 Å². The third-order valence-corrected chi connectivity index (χ3v) is 4.14. The van der Waals surface area contributed by atoms with Crippen LogP contribution in [0, 0.1) is 5.82 Å². The Kier molecular flexibility index (Phi) is 3.96. The predicted molar refractivity (Wildman–Crippen MR) is 92.7 cm³/mol. The number of carbonyl (C=O) groups is 1. The van der Waals surface area contributed by atoms with Gasteiger partial charge in [0.2, 0.25) is 5.95 Å². The molecule has 0 atom stereocenters. The van der Waals surface area contributed by atoms with Crippen molar-refractivity contribution in [1.29, 1.82) is 0 Å². The van der Waals surface area contributed by atoms with E-state index < -0.39 is 17.3 Å². The zero-order chi connectivity index (χ0) is 19.1. The van der Waals surface area contributed by atoms with Crippen LogP contribution < -0.4 is 5.56 Å². The summed E-state index contributed by atoms with van der Waals surface area (Å²) in [5, 5.41) is 17.0. The van der Waals surface area contributed by atoms with Crippen LogP contribution in [-0.2, 0) is 6.54 Å². The fourth-order valence-electron chi connectivity index (χ4n) is 2.58. The molecular formula is C16H10ClFN6O3.